The van der Waals surface area contributed by atoms with E-state index in [4.69, 9.17) is 4.74 Å². The molecule has 0 aromatic heterocycles. The van der Waals surface area contributed by atoms with Gasteiger partial charge in [0.25, 0.3) is 0 Å². The van der Waals surface area contributed by atoms with Gasteiger partial charge in [0.1, 0.15) is 0 Å². The number of carbonyl (C=O) groups is 2. The maximum atomic E-state index is 12.2. The summed E-state index contributed by atoms with van der Waals surface area (Å²) >= 11 is 0. The van der Waals surface area contributed by atoms with Crippen molar-refractivity contribution >= 4 is 11.9 Å². The number of hydrogen-bond acceptors (Lipinski definition) is 3. The molecule has 108 valence electrons. The van der Waals surface area contributed by atoms with Crippen molar-refractivity contribution in [1.29, 1.82) is 0 Å². The van der Waals surface area contributed by atoms with Crippen molar-refractivity contribution in [3.05, 3.63) is 71.3 Å². The van der Waals surface area contributed by atoms with E-state index >= 15 is 0 Å². The van der Waals surface area contributed by atoms with Crippen molar-refractivity contribution in [3.8, 4) is 0 Å². The van der Waals surface area contributed by atoms with E-state index in [1.165, 1.54) is 0 Å². The second kappa shape index (κ2) is 7.39. The fraction of sp³-hybridized carbons (Fsp3) is 0.222. The maximum absolute atomic E-state index is 12.2. The van der Waals surface area contributed by atoms with Gasteiger partial charge >= 0.3 is 11.9 Å². The topological polar surface area (TPSA) is 43.4 Å². The van der Waals surface area contributed by atoms with Gasteiger partial charge in [0.2, 0.25) is 0 Å². The summed E-state index contributed by atoms with van der Waals surface area (Å²) in [7, 11) is 0. The standard InChI is InChI=1S/C18H18O3/c1-2-3-9-14-10-7-8-13-16(14)18(20)21-17(19)15-11-5-4-6-12-15/h4-8,10-13H,2-3,9H2,1H3. The number of aryl methyl sites for hydroxylation is 1. The first-order valence-corrected chi connectivity index (χ1v) is 7.12. The zero-order valence-corrected chi connectivity index (χ0v) is 12.0. The first-order valence-electron chi connectivity index (χ1n) is 7.12. The van der Waals surface area contributed by atoms with Crippen LogP contribution in [0, 0.1) is 0 Å². The molecule has 0 aliphatic rings. The van der Waals surface area contributed by atoms with Gasteiger partial charge in [-0.3, -0.25) is 0 Å². The van der Waals surface area contributed by atoms with E-state index in [0.717, 1.165) is 24.8 Å². The van der Waals surface area contributed by atoms with Crippen LogP contribution in [-0.2, 0) is 11.2 Å². The van der Waals surface area contributed by atoms with Crippen LogP contribution in [0.1, 0.15) is 46.0 Å². The highest BCUT2D eigenvalue weighted by Gasteiger charge is 2.17. The molecule has 21 heavy (non-hydrogen) atoms. The molecule has 0 atom stereocenters. The lowest BCUT2D eigenvalue weighted by molar-refractivity contribution is 0.0397. The molecule has 0 fully saturated rings. The smallest absolute Gasteiger partial charge is 0.346 e. The van der Waals surface area contributed by atoms with Crippen LogP contribution in [0.2, 0.25) is 0 Å². The summed E-state index contributed by atoms with van der Waals surface area (Å²) in [6.45, 7) is 2.10. The first-order chi connectivity index (χ1) is 10.2. The average Bonchev–Trinajstić information content (AvgIpc) is 2.54. The van der Waals surface area contributed by atoms with Gasteiger partial charge in [0.15, 0.2) is 0 Å². The highest BCUT2D eigenvalue weighted by atomic mass is 16.6. The lowest BCUT2D eigenvalue weighted by atomic mass is 10.0. The molecule has 2 aromatic carbocycles. The molecule has 3 heteroatoms. The second-order valence-electron chi connectivity index (χ2n) is 4.80. The Hall–Kier alpha value is -2.42. The Morgan fingerprint density at radius 1 is 0.905 bits per heavy atom. The molecule has 3 nitrogen and oxygen atoms in total. The Bertz CT molecular complexity index is 617. The Labute approximate surface area is 124 Å². The number of ether oxygens (including phenoxy) is 1. The Morgan fingerprint density at radius 2 is 1.57 bits per heavy atom. The molecule has 0 unspecified atom stereocenters. The quantitative estimate of drug-likeness (QED) is 0.614. The van der Waals surface area contributed by atoms with E-state index in [0.29, 0.717) is 11.1 Å². The minimum absolute atomic E-state index is 0.372. The molecule has 2 aromatic rings. The lowest BCUT2D eigenvalue weighted by Crippen LogP contribution is -2.14. The molecule has 0 aliphatic carbocycles. The van der Waals surface area contributed by atoms with Crippen LogP contribution in [0.3, 0.4) is 0 Å². The fourth-order valence-corrected chi connectivity index (χ4v) is 2.08. The number of benzene rings is 2. The van der Waals surface area contributed by atoms with Gasteiger partial charge in [-0.25, -0.2) is 9.59 Å². The predicted octanol–water partition coefficient (Wildman–Crippen LogP) is 4.03. The molecular weight excluding hydrogens is 264 g/mol. The van der Waals surface area contributed by atoms with Crippen LogP contribution in [0.4, 0.5) is 0 Å². The number of carbonyl (C=O) groups excluding carboxylic acids is 2. The molecule has 0 N–H and O–H groups in total. The van der Waals surface area contributed by atoms with Crippen molar-refractivity contribution in [3.63, 3.8) is 0 Å². The number of esters is 2. The largest absolute Gasteiger partial charge is 0.386 e. The van der Waals surface area contributed by atoms with E-state index in [-0.39, 0.29) is 0 Å². The number of hydrogen-bond donors (Lipinski definition) is 0. The Kier molecular flexibility index (Phi) is 5.27. The molecule has 0 spiro atoms. The van der Waals surface area contributed by atoms with Crippen LogP contribution in [0.25, 0.3) is 0 Å². The van der Waals surface area contributed by atoms with Gasteiger partial charge in [-0.2, -0.15) is 0 Å². The monoisotopic (exact) mass is 282 g/mol. The molecule has 0 bridgehead atoms. The van der Waals surface area contributed by atoms with E-state index < -0.39 is 11.9 Å². The third-order valence-electron chi connectivity index (χ3n) is 3.23. The average molecular weight is 282 g/mol. The molecule has 0 radical (unpaired) electrons. The SMILES string of the molecule is CCCCc1ccccc1C(=O)OC(=O)c1ccccc1. The molecule has 0 amide bonds. The van der Waals surface area contributed by atoms with Crippen molar-refractivity contribution in [2.75, 3.05) is 0 Å². The minimum atomic E-state index is -0.620. The normalized spacial score (nSPS) is 10.1. The van der Waals surface area contributed by atoms with Crippen molar-refractivity contribution in [2.24, 2.45) is 0 Å². The number of rotatable bonds is 5. The van der Waals surface area contributed by atoms with E-state index in [9.17, 15) is 9.59 Å². The molecule has 2 rings (SSSR count). The summed E-state index contributed by atoms with van der Waals surface area (Å²) in [6.07, 6.45) is 2.85. The van der Waals surface area contributed by atoms with Crippen LogP contribution >= 0.6 is 0 Å². The van der Waals surface area contributed by atoms with Gasteiger partial charge in [0.05, 0.1) is 11.1 Å². The van der Waals surface area contributed by atoms with Crippen LogP contribution < -0.4 is 0 Å². The predicted molar refractivity (Wildman–Crippen MR) is 81.2 cm³/mol. The first kappa shape index (κ1) is 15.0. The summed E-state index contributed by atoms with van der Waals surface area (Å²) in [5, 5.41) is 0. The van der Waals surface area contributed by atoms with Gasteiger partial charge in [-0.1, -0.05) is 49.7 Å². The van der Waals surface area contributed by atoms with Crippen LogP contribution in [0.15, 0.2) is 54.6 Å². The van der Waals surface area contributed by atoms with Gasteiger partial charge in [-0.05, 0) is 36.6 Å². The summed E-state index contributed by atoms with van der Waals surface area (Å²) in [4.78, 5) is 24.1. The fourth-order valence-electron chi connectivity index (χ4n) is 2.08. The zero-order chi connectivity index (χ0) is 15.1. The van der Waals surface area contributed by atoms with Gasteiger partial charge < -0.3 is 4.74 Å². The van der Waals surface area contributed by atoms with Gasteiger partial charge in [0, 0.05) is 0 Å². The Morgan fingerprint density at radius 3 is 2.29 bits per heavy atom. The molecule has 0 heterocycles. The summed E-state index contributed by atoms with van der Waals surface area (Å²) in [5.41, 5.74) is 1.76. The molecule has 0 saturated heterocycles. The van der Waals surface area contributed by atoms with Crippen molar-refractivity contribution in [1.82, 2.24) is 0 Å². The van der Waals surface area contributed by atoms with E-state index in [1.807, 2.05) is 12.1 Å². The van der Waals surface area contributed by atoms with Crippen molar-refractivity contribution in [2.45, 2.75) is 26.2 Å². The highest BCUT2D eigenvalue weighted by Crippen LogP contribution is 2.14. The third-order valence-corrected chi connectivity index (χ3v) is 3.23. The number of unbranched alkanes of at least 4 members (excludes halogenated alkanes) is 1. The molecular formula is C18H18O3. The van der Waals surface area contributed by atoms with Crippen LogP contribution in [-0.4, -0.2) is 11.9 Å². The third kappa shape index (κ3) is 4.02. The Balaban J connectivity index is 2.12. The van der Waals surface area contributed by atoms with E-state index in [2.05, 4.69) is 6.92 Å². The summed E-state index contributed by atoms with van der Waals surface area (Å²) < 4.78 is 4.97. The summed E-state index contributed by atoms with van der Waals surface area (Å²) in [6, 6.07) is 15.8. The lowest BCUT2D eigenvalue weighted by Gasteiger charge is -2.08. The minimum Gasteiger partial charge on any atom is -0.386 e. The molecule has 0 saturated carbocycles. The maximum Gasteiger partial charge on any atom is 0.346 e. The molecule has 0 aliphatic heterocycles. The second-order valence-corrected chi connectivity index (χ2v) is 4.80. The van der Waals surface area contributed by atoms with Crippen LogP contribution in [0.5, 0.6) is 0 Å². The van der Waals surface area contributed by atoms with E-state index in [1.54, 1.807) is 42.5 Å². The van der Waals surface area contributed by atoms with Gasteiger partial charge in [-0.15, -0.1) is 0 Å². The summed E-state index contributed by atoms with van der Waals surface area (Å²) in [5.74, 6) is -1.21. The zero-order valence-electron chi connectivity index (χ0n) is 12.0. The highest BCUT2D eigenvalue weighted by molar-refractivity contribution is 6.03. The van der Waals surface area contributed by atoms with Crippen molar-refractivity contribution < 1.29 is 14.3 Å².